The average Bonchev–Trinajstić information content (AvgIpc) is 2.41. The Kier molecular flexibility index (Phi) is 3.76. The van der Waals surface area contributed by atoms with Gasteiger partial charge in [0.2, 0.25) is 0 Å². The molecule has 60 valence electrons. The molecule has 1 unspecified atom stereocenters. The largest absolute Gasteiger partial charge is 0.381 e. The molecule has 1 N–H and O–H groups in total. The molecule has 0 aromatic rings. The van der Waals surface area contributed by atoms with Gasteiger partial charge >= 0.3 is 0 Å². The third-order valence-electron chi connectivity index (χ3n) is 1.86. The monoisotopic (exact) mass is 143 g/mol. The Morgan fingerprint density at radius 1 is 1.60 bits per heavy atom. The van der Waals surface area contributed by atoms with Gasteiger partial charge in [-0.25, -0.2) is 0 Å². The van der Waals surface area contributed by atoms with Gasteiger partial charge in [0.15, 0.2) is 0 Å². The minimum Gasteiger partial charge on any atom is -0.381 e. The van der Waals surface area contributed by atoms with Gasteiger partial charge in [-0.3, -0.25) is 0 Å². The van der Waals surface area contributed by atoms with E-state index in [2.05, 4.69) is 12.2 Å². The summed E-state index contributed by atoms with van der Waals surface area (Å²) >= 11 is 0. The summed E-state index contributed by atoms with van der Waals surface area (Å²) in [5.74, 6) is 0.784. The summed E-state index contributed by atoms with van der Waals surface area (Å²) < 4.78 is 5.43. The Hall–Kier alpha value is -0.0800. The molecule has 1 atom stereocenters. The maximum Gasteiger partial charge on any atom is 0.0506 e. The molecule has 1 aliphatic heterocycles. The van der Waals surface area contributed by atoms with E-state index in [1.165, 1.54) is 13.0 Å². The minimum atomic E-state index is 0.784. The Morgan fingerprint density at radius 3 is 3.10 bits per heavy atom. The van der Waals surface area contributed by atoms with Crippen LogP contribution >= 0.6 is 0 Å². The van der Waals surface area contributed by atoms with Crippen LogP contribution in [0, 0.1) is 5.92 Å². The molecule has 2 nitrogen and oxygen atoms in total. The van der Waals surface area contributed by atoms with Crippen molar-refractivity contribution in [3.63, 3.8) is 0 Å². The van der Waals surface area contributed by atoms with Crippen LogP contribution in [0.25, 0.3) is 0 Å². The van der Waals surface area contributed by atoms with Crippen LogP contribution in [0.1, 0.15) is 19.8 Å². The summed E-state index contributed by atoms with van der Waals surface area (Å²) in [6.45, 7) is 6.37. The molecule has 1 rings (SSSR count). The summed E-state index contributed by atoms with van der Waals surface area (Å²) in [5, 5.41) is 3.32. The molecule has 0 radical (unpaired) electrons. The Balaban J connectivity index is 1.91. The Bertz CT molecular complexity index is 79.3. The van der Waals surface area contributed by atoms with Crippen LogP contribution in [-0.2, 0) is 4.74 Å². The second kappa shape index (κ2) is 4.69. The third kappa shape index (κ3) is 2.67. The second-order valence-electron chi connectivity index (χ2n) is 2.93. The highest BCUT2D eigenvalue weighted by molar-refractivity contribution is 4.69. The van der Waals surface area contributed by atoms with Crippen LogP contribution in [0.5, 0.6) is 0 Å². The van der Waals surface area contributed by atoms with E-state index in [0.717, 1.165) is 32.1 Å². The zero-order valence-corrected chi connectivity index (χ0v) is 6.73. The standard InChI is InChI=1S/C8H17NO/c1-2-5-10-7-8-3-4-9-6-8/h8-9H,2-7H2,1H3. The van der Waals surface area contributed by atoms with Crippen molar-refractivity contribution in [1.82, 2.24) is 5.32 Å². The number of rotatable bonds is 4. The van der Waals surface area contributed by atoms with Gasteiger partial charge in [0.25, 0.3) is 0 Å². The van der Waals surface area contributed by atoms with Crippen molar-refractivity contribution in [2.75, 3.05) is 26.3 Å². The van der Waals surface area contributed by atoms with Crippen LogP contribution in [0.4, 0.5) is 0 Å². The van der Waals surface area contributed by atoms with Gasteiger partial charge in [0.1, 0.15) is 0 Å². The third-order valence-corrected chi connectivity index (χ3v) is 1.86. The zero-order valence-electron chi connectivity index (χ0n) is 6.73. The smallest absolute Gasteiger partial charge is 0.0506 e. The lowest BCUT2D eigenvalue weighted by molar-refractivity contribution is 0.106. The fourth-order valence-electron chi connectivity index (χ4n) is 1.25. The second-order valence-corrected chi connectivity index (χ2v) is 2.93. The lowest BCUT2D eigenvalue weighted by Gasteiger charge is -2.07. The quantitative estimate of drug-likeness (QED) is 0.593. The molecule has 1 heterocycles. The first-order chi connectivity index (χ1) is 4.93. The van der Waals surface area contributed by atoms with E-state index >= 15 is 0 Å². The van der Waals surface area contributed by atoms with Crippen molar-refractivity contribution in [2.45, 2.75) is 19.8 Å². The van der Waals surface area contributed by atoms with Crippen LogP contribution in [0.15, 0.2) is 0 Å². The van der Waals surface area contributed by atoms with Gasteiger partial charge in [0, 0.05) is 13.2 Å². The van der Waals surface area contributed by atoms with Crippen LogP contribution in [0.2, 0.25) is 0 Å². The van der Waals surface area contributed by atoms with E-state index in [-0.39, 0.29) is 0 Å². The topological polar surface area (TPSA) is 21.3 Å². The molecule has 0 aliphatic carbocycles. The van der Waals surface area contributed by atoms with E-state index < -0.39 is 0 Å². The first kappa shape index (κ1) is 8.02. The summed E-state index contributed by atoms with van der Waals surface area (Å²) in [7, 11) is 0. The van der Waals surface area contributed by atoms with Crippen molar-refractivity contribution in [1.29, 1.82) is 0 Å². The molecular weight excluding hydrogens is 126 g/mol. The van der Waals surface area contributed by atoms with E-state index in [1.807, 2.05) is 0 Å². The summed E-state index contributed by atoms with van der Waals surface area (Å²) in [6, 6.07) is 0. The molecule has 1 saturated heterocycles. The van der Waals surface area contributed by atoms with Gasteiger partial charge in [0.05, 0.1) is 6.61 Å². The molecule has 0 amide bonds. The minimum absolute atomic E-state index is 0.784. The predicted octanol–water partition coefficient (Wildman–Crippen LogP) is 1.02. The van der Waals surface area contributed by atoms with Gasteiger partial charge in [-0.15, -0.1) is 0 Å². The normalized spacial score (nSPS) is 25.5. The highest BCUT2D eigenvalue weighted by Gasteiger charge is 2.13. The fraction of sp³-hybridized carbons (Fsp3) is 1.00. The van der Waals surface area contributed by atoms with E-state index in [1.54, 1.807) is 0 Å². The Morgan fingerprint density at radius 2 is 2.50 bits per heavy atom. The van der Waals surface area contributed by atoms with Gasteiger partial charge < -0.3 is 10.1 Å². The lowest BCUT2D eigenvalue weighted by Crippen LogP contribution is -2.13. The molecule has 0 saturated carbocycles. The maximum atomic E-state index is 5.43. The SMILES string of the molecule is CCCOCC1CCNC1. The van der Waals surface area contributed by atoms with Crippen LogP contribution in [0.3, 0.4) is 0 Å². The Labute approximate surface area is 63.0 Å². The average molecular weight is 143 g/mol. The van der Waals surface area contributed by atoms with Gasteiger partial charge in [-0.2, -0.15) is 0 Å². The van der Waals surface area contributed by atoms with E-state index in [4.69, 9.17) is 4.74 Å². The predicted molar refractivity (Wildman–Crippen MR) is 42.1 cm³/mol. The van der Waals surface area contributed by atoms with Crippen molar-refractivity contribution < 1.29 is 4.74 Å². The molecule has 0 spiro atoms. The van der Waals surface area contributed by atoms with Crippen molar-refractivity contribution in [2.24, 2.45) is 5.92 Å². The van der Waals surface area contributed by atoms with Gasteiger partial charge in [-0.05, 0) is 25.3 Å². The summed E-state index contributed by atoms with van der Waals surface area (Å²) in [6.07, 6.45) is 2.43. The molecule has 1 fully saturated rings. The number of ether oxygens (including phenoxy) is 1. The van der Waals surface area contributed by atoms with Crippen molar-refractivity contribution >= 4 is 0 Å². The molecule has 1 aliphatic rings. The van der Waals surface area contributed by atoms with Gasteiger partial charge in [-0.1, -0.05) is 6.92 Å². The van der Waals surface area contributed by atoms with Crippen molar-refractivity contribution in [3.05, 3.63) is 0 Å². The molecule has 0 aromatic carbocycles. The van der Waals surface area contributed by atoms with E-state index in [0.29, 0.717) is 0 Å². The number of nitrogens with one attached hydrogen (secondary N) is 1. The fourth-order valence-corrected chi connectivity index (χ4v) is 1.25. The number of hydrogen-bond donors (Lipinski definition) is 1. The van der Waals surface area contributed by atoms with Crippen molar-refractivity contribution in [3.8, 4) is 0 Å². The van der Waals surface area contributed by atoms with Crippen LogP contribution < -0.4 is 5.32 Å². The lowest BCUT2D eigenvalue weighted by atomic mass is 10.1. The van der Waals surface area contributed by atoms with E-state index in [9.17, 15) is 0 Å². The summed E-state index contributed by atoms with van der Waals surface area (Å²) in [4.78, 5) is 0. The number of hydrogen-bond acceptors (Lipinski definition) is 2. The summed E-state index contributed by atoms with van der Waals surface area (Å²) in [5.41, 5.74) is 0. The highest BCUT2D eigenvalue weighted by atomic mass is 16.5. The first-order valence-electron chi connectivity index (χ1n) is 4.22. The zero-order chi connectivity index (χ0) is 7.23. The molecular formula is C8H17NO. The maximum absolute atomic E-state index is 5.43. The first-order valence-corrected chi connectivity index (χ1v) is 4.22. The highest BCUT2D eigenvalue weighted by Crippen LogP contribution is 2.07. The molecule has 0 aromatic heterocycles. The van der Waals surface area contributed by atoms with Crippen LogP contribution in [-0.4, -0.2) is 26.3 Å². The molecule has 10 heavy (non-hydrogen) atoms. The molecule has 0 bridgehead atoms. The molecule has 2 heteroatoms.